The van der Waals surface area contributed by atoms with Crippen LogP contribution in [0.25, 0.3) is 22.6 Å². The second-order valence-corrected chi connectivity index (χ2v) is 6.02. The van der Waals surface area contributed by atoms with Gasteiger partial charge in [-0.3, -0.25) is 4.79 Å². The lowest BCUT2D eigenvalue weighted by Gasteiger charge is -1.91. The zero-order chi connectivity index (χ0) is 15.1. The first kappa shape index (κ1) is 13.2. The van der Waals surface area contributed by atoms with Gasteiger partial charge < -0.3 is 4.42 Å². The first-order valence-corrected chi connectivity index (χ1v) is 7.61. The molecule has 5 nitrogen and oxygen atoms in total. The minimum absolute atomic E-state index is 0.194. The van der Waals surface area contributed by atoms with Crippen molar-refractivity contribution in [2.75, 3.05) is 0 Å². The zero-order valence-electron chi connectivity index (χ0n) is 11.1. The molecule has 0 aliphatic heterocycles. The van der Waals surface area contributed by atoms with E-state index in [9.17, 15) is 4.79 Å². The van der Waals surface area contributed by atoms with E-state index >= 15 is 0 Å². The van der Waals surface area contributed by atoms with Crippen LogP contribution < -0.4 is 10.1 Å². The Bertz CT molecular complexity index is 1050. The Morgan fingerprint density at radius 3 is 2.73 bits per heavy atom. The van der Waals surface area contributed by atoms with Crippen molar-refractivity contribution in [3.8, 4) is 11.6 Å². The van der Waals surface area contributed by atoms with Crippen LogP contribution in [0.4, 0.5) is 0 Å². The number of halogens is 1. The number of hydrogen-bond donors (Lipinski definition) is 0. The largest absolute Gasteiger partial charge is 0.461 e. The summed E-state index contributed by atoms with van der Waals surface area (Å²) in [6.45, 7) is 0. The molecule has 0 amide bonds. The number of rotatable bonds is 2. The molecule has 3 aromatic heterocycles. The molecule has 0 aliphatic carbocycles. The first-order chi connectivity index (χ1) is 10.7. The van der Waals surface area contributed by atoms with Crippen LogP contribution in [0, 0.1) is 0 Å². The second-order valence-electron chi connectivity index (χ2n) is 4.57. The molecule has 0 saturated carbocycles. The van der Waals surface area contributed by atoms with Crippen LogP contribution in [-0.2, 0) is 0 Å². The monoisotopic (exact) mass is 329 g/mol. The Morgan fingerprint density at radius 1 is 1.23 bits per heavy atom. The third-order valence-corrected chi connectivity index (χ3v) is 4.30. The maximum absolute atomic E-state index is 12.4. The summed E-state index contributed by atoms with van der Waals surface area (Å²) in [5, 5.41) is 4.86. The molecule has 3 heterocycles. The second kappa shape index (κ2) is 5.08. The summed E-state index contributed by atoms with van der Waals surface area (Å²) >= 11 is 7.14. The molecule has 0 saturated heterocycles. The van der Waals surface area contributed by atoms with Gasteiger partial charge in [0.2, 0.25) is 10.8 Å². The highest BCUT2D eigenvalue weighted by Gasteiger charge is 2.13. The molecule has 4 aromatic rings. The fourth-order valence-corrected chi connectivity index (χ4v) is 3.09. The van der Waals surface area contributed by atoms with Gasteiger partial charge in [-0.2, -0.15) is 9.50 Å². The van der Waals surface area contributed by atoms with Crippen LogP contribution in [0.5, 0.6) is 0 Å². The Labute approximate surface area is 133 Å². The summed E-state index contributed by atoms with van der Waals surface area (Å²) in [7, 11) is 0. The first-order valence-electron chi connectivity index (χ1n) is 6.41. The molecule has 0 spiro atoms. The lowest BCUT2D eigenvalue weighted by atomic mass is 10.2. The maximum atomic E-state index is 12.4. The van der Waals surface area contributed by atoms with Crippen LogP contribution >= 0.6 is 22.9 Å². The van der Waals surface area contributed by atoms with E-state index in [-0.39, 0.29) is 5.56 Å². The van der Waals surface area contributed by atoms with E-state index in [0.29, 0.717) is 26.1 Å². The van der Waals surface area contributed by atoms with Crippen LogP contribution in [-0.4, -0.2) is 14.6 Å². The number of fused-ring (bicyclic) bond motifs is 1. The summed E-state index contributed by atoms with van der Waals surface area (Å²) < 4.78 is 7.11. The number of hydrogen-bond acceptors (Lipinski definition) is 5. The highest BCUT2D eigenvalue weighted by molar-refractivity contribution is 7.15. The molecule has 4 rings (SSSR count). The van der Waals surface area contributed by atoms with Gasteiger partial charge in [0.25, 0.3) is 5.56 Å². The molecular weight excluding hydrogens is 322 g/mol. The van der Waals surface area contributed by atoms with Gasteiger partial charge >= 0.3 is 0 Å². The normalized spacial score (nSPS) is 12.3. The molecule has 22 heavy (non-hydrogen) atoms. The Morgan fingerprint density at radius 2 is 2.05 bits per heavy atom. The molecule has 7 heteroatoms. The summed E-state index contributed by atoms with van der Waals surface area (Å²) in [6.07, 6.45) is 3.34. The molecule has 0 radical (unpaired) electrons. The Hall–Kier alpha value is -2.44. The summed E-state index contributed by atoms with van der Waals surface area (Å²) in [5.41, 5.74) is 0.706. The fourth-order valence-electron chi connectivity index (χ4n) is 2.05. The van der Waals surface area contributed by atoms with Crippen molar-refractivity contribution < 1.29 is 4.42 Å². The van der Waals surface area contributed by atoms with Gasteiger partial charge in [0.15, 0.2) is 5.76 Å². The summed E-state index contributed by atoms with van der Waals surface area (Å²) in [5.74, 6) is 0.949. The van der Waals surface area contributed by atoms with Crippen molar-refractivity contribution in [1.29, 1.82) is 0 Å². The fraction of sp³-hybridized carbons (Fsp3) is 0. The van der Waals surface area contributed by atoms with Crippen molar-refractivity contribution >= 4 is 34.0 Å². The van der Waals surface area contributed by atoms with E-state index in [1.165, 1.54) is 15.9 Å². The van der Waals surface area contributed by atoms with E-state index in [2.05, 4.69) is 10.1 Å². The number of benzene rings is 1. The molecule has 0 atom stereocenters. The standard InChI is InChI=1S/C15H8ClN3O2S/c16-10-5-3-9(4-6-10)8-12-14(20)19-15(22-12)17-13(18-19)11-2-1-7-21-11/h1-8H/b12-8+. The van der Waals surface area contributed by atoms with Crippen LogP contribution in [0.1, 0.15) is 5.56 Å². The molecule has 108 valence electrons. The van der Waals surface area contributed by atoms with E-state index in [4.69, 9.17) is 16.0 Å². The average molecular weight is 330 g/mol. The van der Waals surface area contributed by atoms with Gasteiger partial charge in [0, 0.05) is 5.02 Å². The third kappa shape index (κ3) is 2.22. The van der Waals surface area contributed by atoms with Crippen molar-refractivity contribution in [1.82, 2.24) is 14.6 Å². The SMILES string of the molecule is O=c1/c(=C\c2ccc(Cl)cc2)sc2nc(-c3ccco3)nn12. The quantitative estimate of drug-likeness (QED) is 0.567. The molecule has 1 aromatic carbocycles. The van der Waals surface area contributed by atoms with Crippen LogP contribution in [0.15, 0.2) is 51.9 Å². The topological polar surface area (TPSA) is 60.4 Å². The van der Waals surface area contributed by atoms with Gasteiger partial charge in [-0.1, -0.05) is 35.1 Å². The minimum Gasteiger partial charge on any atom is -0.461 e. The van der Waals surface area contributed by atoms with Crippen LogP contribution in [0.3, 0.4) is 0 Å². The van der Waals surface area contributed by atoms with Gasteiger partial charge in [-0.05, 0) is 35.9 Å². The maximum Gasteiger partial charge on any atom is 0.291 e. The zero-order valence-corrected chi connectivity index (χ0v) is 12.6. The van der Waals surface area contributed by atoms with E-state index in [1.807, 2.05) is 12.1 Å². The lowest BCUT2D eigenvalue weighted by Crippen LogP contribution is -2.23. The van der Waals surface area contributed by atoms with E-state index in [0.717, 1.165) is 5.56 Å². The molecule has 0 unspecified atom stereocenters. The van der Waals surface area contributed by atoms with Crippen molar-refractivity contribution in [3.63, 3.8) is 0 Å². The predicted molar refractivity (Wildman–Crippen MR) is 85.1 cm³/mol. The number of thiazole rings is 1. The predicted octanol–water partition coefficient (Wildman–Crippen LogP) is 2.61. The Balaban J connectivity index is 1.84. The molecule has 0 aliphatic rings. The van der Waals surface area contributed by atoms with Gasteiger partial charge in [-0.15, -0.1) is 5.10 Å². The number of furan rings is 1. The molecule has 0 fully saturated rings. The molecular formula is C15H8ClN3O2S. The van der Waals surface area contributed by atoms with Crippen molar-refractivity contribution in [2.45, 2.75) is 0 Å². The average Bonchev–Trinajstić information content (AvgIpc) is 3.20. The summed E-state index contributed by atoms with van der Waals surface area (Å²) in [6, 6.07) is 10.8. The van der Waals surface area contributed by atoms with Gasteiger partial charge in [0.05, 0.1) is 10.8 Å². The minimum atomic E-state index is -0.194. The van der Waals surface area contributed by atoms with Crippen LogP contribution in [0.2, 0.25) is 5.02 Å². The highest BCUT2D eigenvalue weighted by Crippen LogP contribution is 2.16. The van der Waals surface area contributed by atoms with Crippen molar-refractivity contribution in [2.24, 2.45) is 0 Å². The smallest absolute Gasteiger partial charge is 0.291 e. The lowest BCUT2D eigenvalue weighted by molar-refractivity contribution is 0.577. The number of nitrogens with zero attached hydrogens (tertiary/aromatic N) is 3. The van der Waals surface area contributed by atoms with Gasteiger partial charge in [0.1, 0.15) is 0 Å². The van der Waals surface area contributed by atoms with Crippen molar-refractivity contribution in [3.05, 3.63) is 68.1 Å². The van der Waals surface area contributed by atoms with E-state index in [1.54, 1.807) is 36.6 Å². The highest BCUT2D eigenvalue weighted by atomic mass is 35.5. The van der Waals surface area contributed by atoms with Gasteiger partial charge in [-0.25, -0.2) is 0 Å². The third-order valence-electron chi connectivity index (χ3n) is 3.09. The molecule has 0 N–H and O–H groups in total. The summed E-state index contributed by atoms with van der Waals surface area (Å²) in [4.78, 5) is 17.2. The van der Waals surface area contributed by atoms with E-state index < -0.39 is 0 Å². The Kier molecular flexibility index (Phi) is 3.06. The molecule has 0 bridgehead atoms. The number of aromatic nitrogens is 3.